The van der Waals surface area contributed by atoms with Crippen molar-refractivity contribution in [1.82, 2.24) is 5.32 Å². The molecule has 0 atom stereocenters. The van der Waals surface area contributed by atoms with Crippen LogP contribution in [0.15, 0.2) is 24.3 Å². The van der Waals surface area contributed by atoms with E-state index in [-0.39, 0.29) is 6.03 Å². The Hall–Kier alpha value is -1.51. The fourth-order valence-electron chi connectivity index (χ4n) is 1.61. The number of amides is 2. The first-order valence-electron chi connectivity index (χ1n) is 4.46. The molecule has 0 aromatic heterocycles. The number of para-hydroxylation sites is 1. The highest BCUT2D eigenvalue weighted by atomic mass is 16.2. The molecular formula is C10H12N2O. The van der Waals surface area contributed by atoms with Crippen molar-refractivity contribution in [2.24, 2.45) is 0 Å². The zero-order valence-corrected chi connectivity index (χ0v) is 7.58. The van der Waals surface area contributed by atoms with Crippen LogP contribution in [0.5, 0.6) is 0 Å². The van der Waals surface area contributed by atoms with Crippen LogP contribution < -0.4 is 10.2 Å². The minimum absolute atomic E-state index is 0.00111. The van der Waals surface area contributed by atoms with Gasteiger partial charge in [-0.05, 0) is 18.6 Å². The summed E-state index contributed by atoms with van der Waals surface area (Å²) in [6, 6.07) is 7.97. The number of carbonyl (C=O) groups excluding carboxylic acids is 1. The monoisotopic (exact) mass is 176 g/mol. The third-order valence-electron chi connectivity index (χ3n) is 2.27. The van der Waals surface area contributed by atoms with E-state index >= 15 is 0 Å². The summed E-state index contributed by atoms with van der Waals surface area (Å²) in [5.41, 5.74) is 2.22. The number of rotatable bonds is 1. The molecule has 0 bridgehead atoms. The van der Waals surface area contributed by atoms with E-state index in [2.05, 4.69) is 5.32 Å². The van der Waals surface area contributed by atoms with Gasteiger partial charge in [0.15, 0.2) is 0 Å². The van der Waals surface area contributed by atoms with E-state index in [1.165, 1.54) is 5.56 Å². The van der Waals surface area contributed by atoms with E-state index in [0.717, 1.165) is 5.69 Å². The third-order valence-corrected chi connectivity index (χ3v) is 2.27. The van der Waals surface area contributed by atoms with E-state index < -0.39 is 0 Å². The van der Waals surface area contributed by atoms with Gasteiger partial charge in [-0.15, -0.1) is 0 Å². The predicted molar refractivity (Wildman–Crippen MR) is 51.7 cm³/mol. The molecule has 1 aromatic rings. The van der Waals surface area contributed by atoms with Crippen LogP contribution in [0.1, 0.15) is 12.5 Å². The summed E-state index contributed by atoms with van der Waals surface area (Å²) in [4.78, 5) is 13.2. The Kier molecular flexibility index (Phi) is 1.93. The Balaban J connectivity index is 2.45. The van der Waals surface area contributed by atoms with Crippen LogP contribution >= 0.6 is 0 Å². The molecule has 1 aliphatic rings. The average molecular weight is 176 g/mol. The van der Waals surface area contributed by atoms with Crippen LogP contribution in [-0.2, 0) is 6.54 Å². The number of carbonyl (C=O) groups is 1. The van der Waals surface area contributed by atoms with Crippen molar-refractivity contribution in [2.45, 2.75) is 13.5 Å². The van der Waals surface area contributed by atoms with E-state index in [1.807, 2.05) is 31.2 Å². The summed E-state index contributed by atoms with van der Waals surface area (Å²) in [7, 11) is 0. The van der Waals surface area contributed by atoms with Crippen molar-refractivity contribution >= 4 is 11.7 Å². The average Bonchev–Trinajstić information content (AvgIpc) is 2.18. The van der Waals surface area contributed by atoms with Crippen molar-refractivity contribution in [2.75, 3.05) is 11.4 Å². The number of hydrogen-bond donors (Lipinski definition) is 1. The molecule has 0 radical (unpaired) electrons. The predicted octanol–water partition coefficient (Wildman–Crippen LogP) is 1.74. The van der Waals surface area contributed by atoms with Gasteiger partial charge < -0.3 is 5.32 Å². The molecule has 2 amide bonds. The summed E-state index contributed by atoms with van der Waals surface area (Å²) in [5, 5.41) is 2.83. The maximum atomic E-state index is 11.4. The van der Waals surface area contributed by atoms with Gasteiger partial charge in [-0.2, -0.15) is 0 Å². The van der Waals surface area contributed by atoms with Crippen LogP contribution in [0.2, 0.25) is 0 Å². The lowest BCUT2D eigenvalue weighted by Gasteiger charge is -2.28. The zero-order valence-electron chi connectivity index (χ0n) is 7.58. The molecule has 0 saturated heterocycles. The molecule has 3 heteroatoms. The van der Waals surface area contributed by atoms with Gasteiger partial charge in [-0.1, -0.05) is 18.2 Å². The number of benzene rings is 1. The summed E-state index contributed by atoms with van der Waals surface area (Å²) < 4.78 is 0. The largest absolute Gasteiger partial charge is 0.334 e. The van der Waals surface area contributed by atoms with Crippen molar-refractivity contribution in [3.05, 3.63) is 29.8 Å². The van der Waals surface area contributed by atoms with Gasteiger partial charge in [-0.25, -0.2) is 4.79 Å². The highest BCUT2D eigenvalue weighted by molar-refractivity contribution is 5.94. The van der Waals surface area contributed by atoms with Gasteiger partial charge in [0.05, 0.1) is 5.69 Å². The van der Waals surface area contributed by atoms with Gasteiger partial charge in [0.1, 0.15) is 0 Å². The second-order valence-electron chi connectivity index (χ2n) is 3.03. The highest BCUT2D eigenvalue weighted by Crippen LogP contribution is 2.23. The number of nitrogens with one attached hydrogen (secondary N) is 1. The number of urea groups is 1. The lowest BCUT2D eigenvalue weighted by atomic mass is 10.1. The Bertz CT molecular complexity index is 335. The maximum absolute atomic E-state index is 11.4. The molecule has 3 nitrogen and oxygen atoms in total. The van der Waals surface area contributed by atoms with Gasteiger partial charge in [0.2, 0.25) is 0 Å². The molecule has 0 fully saturated rings. The summed E-state index contributed by atoms with van der Waals surface area (Å²) in [5.74, 6) is 0. The Morgan fingerprint density at radius 1 is 1.46 bits per heavy atom. The van der Waals surface area contributed by atoms with E-state index in [0.29, 0.717) is 13.1 Å². The molecule has 2 rings (SSSR count). The first kappa shape index (κ1) is 8.10. The second-order valence-corrected chi connectivity index (χ2v) is 3.03. The third kappa shape index (κ3) is 1.26. The smallest absolute Gasteiger partial charge is 0.322 e. The first-order chi connectivity index (χ1) is 6.33. The van der Waals surface area contributed by atoms with Crippen LogP contribution in [0.4, 0.5) is 10.5 Å². The summed E-state index contributed by atoms with van der Waals surface area (Å²) >= 11 is 0. The van der Waals surface area contributed by atoms with Crippen molar-refractivity contribution in [3.63, 3.8) is 0 Å². The van der Waals surface area contributed by atoms with Crippen LogP contribution in [-0.4, -0.2) is 12.6 Å². The van der Waals surface area contributed by atoms with Gasteiger partial charge in [-0.3, -0.25) is 4.90 Å². The highest BCUT2D eigenvalue weighted by Gasteiger charge is 2.20. The standard InChI is InChI=1S/C10H12N2O/c1-2-12-9-6-4-3-5-8(9)7-11-10(12)13/h3-6H,2,7H2,1H3,(H,11,13). The number of hydrogen-bond acceptors (Lipinski definition) is 1. The second kappa shape index (κ2) is 3.09. The normalized spacial score (nSPS) is 15.2. The van der Waals surface area contributed by atoms with Gasteiger partial charge in [0, 0.05) is 13.1 Å². The summed E-state index contributed by atoms with van der Waals surface area (Å²) in [6.45, 7) is 3.33. The lowest BCUT2D eigenvalue weighted by Crippen LogP contribution is -2.43. The molecule has 1 heterocycles. The van der Waals surface area contributed by atoms with E-state index in [4.69, 9.17) is 0 Å². The Morgan fingerprint density at radius 2 is 2.23 bits per heavy atom. The SMILES string of the molecule is CCN1C(=O)NCc2ccccc21. The molecule has 0 spiro atoms. The Morgan fingerprint density at radius 3 is 3.00 bits per heavy atom. The fraction of sp³-hybridized carbons (Fsp3) is 0.300. The summed E-state index contributed by atoms with van der Waals surface area (Å²) in [6.07, 6.45) is 0. The number of fused-ring (bicyclic) bond motifs is 1. The molecule has 1 N–H and O–H groups in total. The topological polar surface area (TPSA) is 32.3 Å². The first-order valence-corrected chi connectivity index (χ1v) is 4.46. The molecule has 13 heavy (non-hydrogen) atoms. The number of nitrogens with zero attached hydrogens (tertiary/aromatic N) is 1. The molecule has 0 saturated carbocycles. The number of anilines is 1. The Labute approximate surface area is 77.4 Å². The zero-order chi connectivity index (χ0) is 9.26. The van der Waals surface area contributed by atoms with E-state index in [9.17, 15) is 4.79 Å². The minimum Gasteiger partial charge on any atom is -0.334 e. The van der Waals surface area contributed by atoms with E-state index in [1.54, 1.807) is 4.90 Å². The van der Waals surface area contributed by atoms with Gasteiger partial charge in [0.25, 0.3) is 0 Å². The molecule has 0 aliphatic carbocycles. The maximum Gasteiger partial charge on any atom is 0.322 e. The van der Waals surface area contributed by atoms with Crippen molar-refractivity contribution < 1.29 is 4.79 Å². The lowest BCUT2D eigenvalue weighted by molar-refractivity contribution is 0.245. The van der Waals surface area contributed by atoms with Gasteiger partial charge >= 0.3 is 6.03 Å². The fourth-order valence-corrected chi connectivity index (χ4v) is 1.61. The quantitative estimate of drug-likeness (QED) is 0.694. The molecule has 1 aliphatic heterocycles. The minimum atomic E-state index is 0.00111. The molecule has 68 valence electrons. The van der Waals surface area contributed by atoms with Crippen molar-refractivity contribution in [1.29, 1.82) is 0 Å². The van der Waals surface area contributed by atoms with Crippen molar-refractivity contribution in [3.8, 4) is 0 Å². The van der Waals surface area contributed by atoms with Crippen LogP contribution in [0.3, 0.4) is 0 Å². The molecule has 0 unspecified atom stereocenters. The molecular weight excluding hydrogens is 164 g/mol. The van der Waals surface area contributed by atoms with Crippen LogP contribution in [0, 0.1) is 0 Å². The molecule has 1 aromatic carbocycles. The van der Waals surface area contributed by atoms with Crippen LogP contribution in [0.25, 0.3) is 0 Å².